The van der Waals surface area contributed by atoms with E-state index in [2.05, 4.69) is 5.32 Å². The van der Waals surface area contributed by atoms with E-state index < -0.39 is 0 Å². The second-order valence-corrected chi connectivity index (χ2v) is 5.78. The maximum absolute atomic E-state index is 12.2. The summed E-state index contributed by atoms with van der Waals surface area (Å²) in [4.78, 5) is 12.2. The van der Waals surface area contributed by atoms with Crippen LogP contribution >= 0.6 is 0 Å². The van der Waals surface area contributed by atoms with Gasteiger partial charge in [0.25, 0.3) is 0 Å². The molecule has 2 aromatic rings. The Hall–Kier alpha value is -2.49. The summed E-state index contributed by atoms with van der Waals surface area (Å²) in [6, 6.07) is 11.8. The van der Waals surface area contributed by atoms with Gasteiger partial charge >= 0.3 is 0 Å². The van der Waals surface area contributed by atoms with Crippen molar-refractivity contribution < 1.29 is 14.3 Å². The van der Waals surface area contributed by atoms with Crippen LogP contribution in [-0.4, -0.2) is 19.6 Å². The molecule has 0 aliphatic heterocycles. The molecule has 0 aromatic heterocycles. The van der Waals surface area contributed by atoms with Crippen molar-refractivity contribution in [1.29, 1.82) is 0 Å². The summed E-state index contributed by atoms with van der Waals surface area (Å²) in [6.07, 6.45) is 1.07. The highest BCUT2D eigenvalue weighted by Crippen LogP contribution is 2.28. The van der Waals surface area contributed by atoms with Crippen molar-refractivity contribution in [2.45, 2.75) is 33.6 Å². The van der Waals surface area contributed by atoms with E-state index in [-0.39, 0.29) is 5.91 Å². The van der Waals surface area contributed by atoms with Gasteiger partial charge in [-0.05, 0) is 62.1 Å². The Bertz CT molecular complexity index is 710. The number of amides is 1. The third-order valence-electron chi connectivity index (χ3n) is 3.84. The number of carbonyl (C=O) groups excluding carboxylic acids is 1. The van der Waals surface area contributed by atoms with Crippen molar-refractivity contribution in [3.63, 3.8) is 0 Å². The van der Waals surface area contributed by atoms with Gasteiger partial charge in [0.1, 0.15) is 0 Å². The number of hydrogen-bond acceptors (Lipinski definition) is 3. The predicted octanol–water partition coefficient (Wildman–Crippen LogP) is 4.28. The smallest absolute Gasteiger partial charge is 0.224 e. The van der Waals surface area contributed by atoms with Crippen molar-refractivity contribution in [3.05, 3.63) is 53.1 Å². The molecule has 128 valence electrons. The van der Waals surface area contributed by atoms with E-state index in [1.807, 2.05) is 57.2 Å². The summed E-state index contributed by atoms with van der Waals surface area (Å²) in [5.74, 6) is 1.43. The van der Waals surface area contributed by atoms with Crippen LogP contribution in [-0.2, 0) is 11.2 Å². The Kier molecular flexibility index (Phi) is 6.24. The quantitative estimate of drug-likeness (QED) is 0.825. The third kappa shape index (κ3) is 4.75. The molecule has 24 heavy (non-hydrogen) atoms. The summed E-state index contributed by atoms with van der Waals surface area (Å²) < 4.78 is 10.9. The third-order valence-corrected chi connectivity index (χ3v) is 3.84. The number of carbonyl (C=O) groups is 1. The van der Waals surface area contributed by atoms with E-state index in [1.165, 1.54) is 0 Å². The van der Waals surface area contributed by atoms with E-state index in [0.29, 0.717) is 25.2 Å². The van der Waals surface area contributed by atoms with Crippen LogP contribution in [0.5, 0.6) is 11.5 Å². The van der Waals surface area contributed by atoms with Crippen molar-refractivity contribution >= 4 is 11.6 Å². The molecular weight excluding hydrogens is 302 g/mol. The van der Waals surface area contributed by atoms with Gasteiger partial charge in [-0.1, -0.05) is 18.2 Å². The van der Waals surface area contributed by atoms with Crippen molar-refractivity contribution in [2.24, 2.45) is 0 Å². The van der Waals surface area contributed by atoms with Gasteiger partial charge in [0.2, 0.25) is 5.91 Å². The standard InChI is InChI=1S/C20H25NO3/c1-5-24-18-10-8-16(13-19(18)23-4)9-11-20(22)21-17-12-14(2)6-7-15(17)3/h6-8,10,12-13H,5,9,11H2,1-4H3,(H,21,22). The van der Waals surface area contributed by atoms with Gasteiger partial charge in [0, 0.05) is 12.1 Å². The number of aryl methyl sites for hydroxylation is 3. The molecule has 0 unspecified atom stereocenters. The maximum Gasteiger partial charge on any atom is 0.224 e. The van der Waals surface area contributed by atoms with Crippen LogP contribution in [0.15, 0.2) is 36.4 Å². The molecule has 0 aliphatic carbocycles. The van der Waals surface area contributed by atoms with Crippen LogP contribution in [0.25, 0.3) is 0 Å². The summed E-state index contributed by atoms with van der Waals surface area (Å²) >= 11 is 0. The lowest BCUT2D eigenvalue weighted by Crippen LogP contribution is -2.13. The van der Waals surface area contributed by atoms with Gasteiger partial charge in [0.15, 0.2) is 11.5 Å². The van der Waals surface area contributed by atoms with Crippen molar-refractivity contribution in [1.82, 2.24) is 0 Å². The summed E-state index contributed by atoms with van der Waals surface area (Å²) in [5, 5.41) is 2.99. The molecule has 0 atom stereocenters. The molecule has 0 aliphatic rings. The van der Waals surface area contributed by atoms with E-state index in [0.717, 1.165) is 28.1 Å². The molecule has 1 amide bonds. The Morgan fingerprint density at radius 3 is 2.58 bits per heavy atom. The molecule has 0 saturated carbocycles. The SMILES string of the molecule is CCOc1ccc(CCC(=O)Nc2cc(C)ccc2C)cc1OC. The highest BCUT2D eigenvalue weighted by Gasteiger charge is 2.09. The lowest BCUT2D eigenvalue weighted by Gasteiger charge is -2.12. The van der Waals surface area contributed by atoms with Crippen LogP contribution in [0, 0.1) is 13.8 Å². The number of anilines is 1. The molecule has 4 heteroatoms. The number of benzene rings is 2. The zero-order valence-corrected chi connectivity index (χ0v) is 14.8. The lowest BCUT2D eigenvalue weighted by molar-refractivity contribution is -0.116. The first-order chi connectivity index (χ1) is 11.5. The molecule has 2 aromatic carbocycles. The fourth-order valence-corrected chi connectivity index (χ4v) is 2.48. The van der Waals surface area contributed by atoms with Crippen LogP contribution in [0.4, 0.5) is 5.69 Å². The molecule has 0 fully saturated rings. The van der Waals surface area contributed by atoms with Crippen LogP contribution in [0.1, 0.15) is 30.0 Å². The number of hydrogen-bond donors (Lipinski definition) is 1. The van der Waals surface area contributed by atoms with Gasteiger partial charge in [-0.3, -0.25) is 4.79 Å². The molecule has 1 N–H and O–H groups in total. The minimum Gasteiger partial charge on any atom is -0.493 e. The number of nitrogens with one attached hydrogen (secondary N) is 1. The minimum atomic E-state index is 0.0107. The topological polar surface area (TPSA) is 47.6 Å². The monoisotopic (exact) mass is 327 g/mol. The van der Waals surface area contributed by atoms with Gasteiger partial charge in [-0.15, -0.1) is 0 Å². The molecule has 4 nitrogen and oxygen atoms in total. The zero-order chi connectivity index (χ0) is 17.5. The van der Waals surface area contributed by atoms with E-state index >= 15 is 0 Å². The largest absolute Gasteiger partial charge is 0.493 e. The highest BCUT2D eigenvalue weighted by atomic mass is 16.5. The molecule has 2 rings (SSSR count). The predicted molar refractivity (Wildman–Crippen MR) is 97.0 cm³/mol. The first kappa shape index (κ1) is 17.9. The molecule has 0 saturated heterocycles. The van der Waals surface area contributed by atoms with Gasteiger partial charge in [0.05, 0.1) is 13.7 Å². The first-order valence-corrected chi connectivity index (χ1v) is 8.20. The molecule has 0 spiro atoms. The van der Waals surface area contributed by atoms with Crippen molar-refractivity contribution in [3.8, 4) is 11.5 Å². The second-order valence-electron chi connectivity index (χ2n) is 5.78. The van der Waals surface area contributed by atoms with E-state index in [9.17, 15) is 4.79 Å². The average molecular weight is 327 g/mol. The molecule has 0 heterocycles. The van der Waals surface area contributed by atoms with Gasteiger partial charge in [-0.2, -0.15) is 0 Å². The molecular formula is C20H25NO3. The Morgan fingerprint density at radius 2 is 1.88 bits per heavy atom. The molecule has 0 radical (unpaired) electrons. The highest BCUT2D eigenvalue weighted by molar-refractivity contribution is 5.91. The summed E-state index contributed by atoms with van der Waals surface area (Å²) in [5.41, 5.74) is 4.12. The van der Waals surface area contributed by atoms with Crippen molar-refractivity contribution in [2.75, 3.05) is 19.0 Å². The normalized spacial score (nSPS) is 10.3. The van der Waals surface area contributed by atoms with E-state index in [4.69, 9.17) is 9.47 Å². The van der Waals surface area contributed by atoms with E-state index in [1.54, 1.807) is 7.11 Å². The van der Waals surface area contributed by atoms with Gasteiger partial charge in [-0.25, -0.2) is 0 Å². The first-order valence-electron chi connectivity index (χ1n) is 8.20. The fourth-order valence-electron chi connectivity index (χ4n) is 2.48. The number of methoxy groups -OCH3 is 1. The fraction of sp³-hybridized carbons (Fsp3) is 0.350. The van der Waals surface area contributed by atoms with Crippen LogP contribution in [0.2, 0.25) is 0 Å². The number of rotatable bonds is 7. The zero-order valence-electron chi connectivity index (χ0n) is 14.8. The second kappa shape index (κ2) is 8.39. The summed E-state index contributed by atoms with van der Waals surface area (Å²) in [7, 11) is 1.62. The van der Waals surface area contributed by atoms with Crippen LogP contribution in [0.3, 0.4) is 0 Å². The maximum atomic E-state index is 12.2. The Labute approximate surface area is 143 Å². The number of ether oxygens (including phenoxy) is 2. The van der Waals surface area contributed by atoms with Crippen LogP contribution < -0.4 is 14.8 Å². The molecule has 0 bridgehead atoms. The summed E-state index contributed by atoms with van der Waals surface area (Å²) in [6.45, 7) is 6.53. The Balaban J connectivity index is 1.97. The lowest BCUT2D eigenvalue weighted by atomic mass is 10.1. The average Bonchev–Trinajstić information content (AvgIpc) is 2.57. The Morgan fingerprint density at radius 1 is 1.08 bits per heavy atom. The van der Waals surface area contributed by atoms with Gasteiger partial charge < -0.3 is 14.8 Å². The minimum absolute atomic E-state index is 0.0107.